The van der Waals surface area contributed by atoms with Crippen molar-refractivity contribution < 1.29 is 14.3 Å². The van der Waals surface area contributed by atoms with E-state index in [-0.39, 0.29) is 11.8 Å². The quantitative estimate of drug-likeness (QED) is 0.185. The lowest BCUT2D eigenvalue weighted by atomic mass is 10.0. The number of thiophene rings is 2. The van der Waals surface area contributed by atoms with Crippen molar-refractivity contribution in [2.24, 2.45) is 19.1 Å². The summed E-state index contributed by atoms with van der Waals surface area (Å²) in [6.07, 6.45) is 6.43. The van der Waals surface area contributed by atoms with Crippen LogP contribution in [0.2, 0.25) is 10.3 Å². The molecule has 3 aliphatic rings. The van der Waals surface area contributed by atoms with Crippen LogP contribution in [0.5, 0.6) is 5.75 Å². The van der Waals surface area contributed by atoms with E-state index < -0.39 is 0 Å². The molecule has 18 heteroatoms. The summed E-state index contributed by atoms with van der Waals surface area (Å²) in [7, 11) is 5.26. The van der Waals surface area contributed by atoms with Crippen LogP contribution in [0.15, 0.2) is 54.0 Å². The van der Waals surface area contributed by atoms with Gasteiger partial charge in [0.05, 0.1) is 43.2 Å². The molecule has 3 N–H and O–H groups in total. The summed E-state index contributed by atoms with van der Waals surface area (Å²) in [5, 5.41) is 6.52. The molecule has 0 spiro atoms. The first kappa shape index (κ1) is 37.1. The number of aliphatic imine (C=N–C) groups is 1. The van der Waals surface area contributed by atoms with Crippen LogP contribution in [0, 0.1) is 0 Å². The van der Waals surface area contributed by atoms with E-state index in [0.29, 0.717) is 60.2 Å². The minimum Gasteiger partial charge on any atom is -0.495 e. The van der Waals surface area contributed by atoms with Gasteiger partial charge in [-0.25, -0.2) is 19.9 Å². The molecule has 2 amide bonds. The first-order valence-corrected chi connectivity index (χ1v) is 20.4. The number of anilines is 3. The maximum Gasteiger partial charge on any atom is 0.270 e. The predicted molar refractivity (Wildman–Crippen MR) is 225 cm³/mol. The topological polar surface area (TPSA) is 162 Å². The highest BCUT2D eigenvalue weighted by molar-refractivity contribution is 7.19. The number of carbonyl (C=O) groups excluding carboxylic acids is 2. The number of ether oxygens (including phenoxy) is 1. The lowest BCUT2D eigenvalue weighted by molar-refractivity contribution is 0.0720. The summed E-state index contributed by atoms with van der Waals surface area (Å²) in [5.74, 6) is 1.97. The minimum atomic E-state index is -0.0218. The van der Waals surface area contributed by atoms with Crippen molar-refractivity contribution in [3.63, 3.8) is 0 Å². The number of aromatic nitrogens is 6. The van der Waals surface area contributed by atoms with Gasteiger partial charge >= 0.3 is 0 Å². The summed E-state index contributed by atoms with van der Waals surface area (Å²) < 4.78 is 9.05. The van der Waals surface area contributed by atoms with Gasteiger partial charge in [0.25, 0.3) is 11.8 Å². The van der Waals surface area contributed by atoms with E-state index >= 15 is 0 Å². The van der Waals surface area contributed by atoms with Crippen LogP contribution in [0.4, 0.5) is 17.3 Å². The van der Waals surface area contributed by atoms with Gasteiger partial charge in [-0.1, -0.05) is 23.2 Å². The first-order valence-electron chi connectivity index (χ1n) is 18.0. The Labute approximate surface area is 344 Å². The molecule has 3 aliphatic heterocycles. The normalized spacial score (nSPS) is 14.3. The van der Waals surface area contributed by atoms with Crippen LogP contribution >= 0.6 is 45.9 Å². The molecule has 0 bridgehead atoms. The van der Waals surface area contributed by atoms with Crippen LogP contribution in [-0.2, 0) is 46.6 Å². The number of nitrogens with one attached hydrogen (secondary N) is 1. The number of nitrogens with zero attached hydrogens (tertiary/aromatic N) is 9. The molecule has 9 heterocycles. The predicted octanol–water partition coefficient (Wildman–Crippen LogP) is 7.03. The second kappa shape index (κ2) is 14.8. The van der Waals surface area contributed by atoms with E-state index in [2.05, 4.69) is 30.2 Å². The van der Waals surface area contributed by atoms with Gasteiger partial charge in [-0.05, 0) is 71.5 Å². The summed E-state index contributed by atoms with van der Waals surface area (Å²) in [6, 6.07) is 11.1. The van der Waals surface area contributed by atoms with Gasteiger partial charge in [-0.15, -0.1) is 22.7 Å². The lowest BCUT2D eigenvalue weighted by Crippen LogP contribution is -2.36. The molecule has 0 unspecified atom stereocenters. The number of nitrogens with two attached hydrogens (primary N) is 1. The van der Waals surface area contributed by atoms with Crippen molar-refractivity contribution in [3.05, 3.63) is 103 Å². The molecule has 1 aromatic carbocycles. The van der Waals surface area contributed by atoms with Crippen LogP contribution < -0.4 is 15.8 Å². The number of halogens is 2. The molecule has 290 valence electrons. The third-order valence-corrected chi connectivity index (χ3v) is 13.7. The van der Waals surface area contributed by atoms with Gasteiger partial charge in [0.1, 0.15) is 61.4 Å². The lowest BCUT2D eigenvalue weighted by Gasteiger charge is -2.27. The van der Waals surface area contributed by atoms with Gasteiger partial charge in [0, 0.05) is 43.2 Å². The number of nitrogen functional groups attached to an aromatic ring is 1. The third-order valence-electron chi connectivity index (χ3n) is 10.6. The Morgan fingerprint density at radius 1 is 0.807 bits per heavy atom. The molecule has 57 heavy (non-hydrogen) atoms. The highest BCUT2D eigenvalue weighted by atomic mass is 35.5. The molecule has 0 saturated carbocycles. The van der Waals surface area contributed by atoms with Gasteiger partial charge < -0.3 is 34.7 Å². The summed E-state index contributed by atoms with van der Waals surface area (Å²) >= 11 is 15.4. The third kappa shape index (κ3) is 6.55. The molecule has 0 atom stereocenters. The van der Waals surface area contributed by atoms with Gasteiger partial charge in [0.15, 0.2) is 0 Å². The average molecular weight is 841 g/mol. The number of rotatable bonds is 5. The van der Waals surface area contributed by atoms with E-state index in [1.54, 1.807) is 83.6 Å². The van der Waals surface area contributed by atoms with E-state index in [4.69, 9.17) is 33.7 Å². The molecule has 7 aromatic rings. The Morgan fingerprint density at radius 3 is 1.96 bits per heavy atom. The summed E-state index contributed by atoms with van der Waals surface area (Å²) in [6.45, 7) is 3.04. The maximum atomic E-state index is 13.1. The number of methoxy groups -OCH3 is 1. The van der Waals surface area contributed by atoms with Gasteiger partial charge in [-0.3, -0.25) is 14.6 Å². The zero-order chi connectivity index (χ0) is 39.5. The molecular formula is C39H35Cl2N11O3S2. The van der Waals surface area contributed by atoms with Crippen molar-refractivity contribution >= 4 is 102 Å². The van der Waals surface area contributed by atoms with Crippen molar-refractivity contribution in [1.29, 1.82) is 0 Å². The first-order chi connectivity index (χ1) is 27.6. The second-order valence-corrected chi connectivity index (χ2v) is 16.8. The zero-order valence-electron chi connectivity index (χ0n) is 31.0. The summed E-state index contributed by atoms with van der Waals surface area (Å²) in [5.41, 5.74) is 12.6. The minimum absolute atomic E-state index is 0.0124. The molecule has 0 aliphatic carbocycles. The number of benzene rings is 1. The van der Waals surface area contributed by atoms with Crippen molar-refractivity contribution in [1.82, 2.24) is 38.9 Å². The maximum absolute atomic E-state index is 13.1. The van der Waals surface area contributed by atoms with E-state index in [1.807, 2.05) is 28.1 Å². The number of fused-ring (bicyclic) bond motifs is 7. The fourth-order valence-electron chi connectivity index (χ4n) is 7.58. The second-order valence-electron chi connectivity index (χ2n) is 13.8. The fraction of sp³-hybridized carbons (Fsp3) is 0.256. The molecular weight excluding hydrogens is 806 g/mol. The number of carbonyl (C=O) groups is 2. The molecule has 10 rings (SSSR count). The highest BCUT2D eigenvalue weighted by Gasteiger charge is 2.30. The number of amides is 2. The Morgan fingerprint density at radius 2 is 1.39 bits per heavy atom. The van der Waals surface area contributed by atoms with E-state index in [0.717, 1.165) is 71.4 Å². The van der Waals surface area contributed by atoms with Crippen LogP contribution in [0.3, 0.4) is 0 Å². The van der Waals surface area contributed by atoms with E-state index in [9.17, 15) is 9.59 Å². The van der Waals surface area contributed by atoms with Crippen LogP contribution in [0.1, 0.15) is 53.0 Å². The Hall–Kier alpha value is -5.55. The zero-order valence-corrected chi connectivity index (χ0v) is 34.2. The monoisotopic (exact) mass is 839 g/mol. The molecule has 14 nitrogen and oxygen atoms in total. The average Bonchev–Trinajstić information content (AvgIpc) is 4.05. The van der Waals surface area contributed by atoms with Gasteiger partial charge in [0.2, 0.25) is 0 Å². The van der Waals surface area contributed by atoms with Crippen molar-refractivity contribution in [2.45, 2.75) is 32.5 Å². The molecule has 0 fully saturated rings. The van der Waals surface area contributed by atoms with Crippen molar-refractivity contribution in [3.8, 4) is 5.75 Å². The molecule has 0 radical (unpaired) electrons. The highest BCUT2D eigenvalue weighted by Crippen LogP contribution is 2.41. The fourth-order valence-corrected chi connectivity index (χ4v) is 10.3. The van der Waals surface area contributed by atoms with Gasteiger partial charge in [-0.2, -0.15) is 0 Å². The van der Waals surface area contributed by atoms with Crippen LogP contribution in [-0.4, -0.2) is 77.1 Å². The molecule has 0 saturated heterocycles. The summed E-state index contributed by atoms with van der Waals surface area (Å²) in [4.78, 5) is 55.4. The number of hydrogen-bond donors (Lipinski definition) is 2. The molecule has 6 aromatic heterocycles. The largest absolute Gasteiger partial charge is 0.495 e. The van der Waals surface area contributed by atoms with Crippen LogP contribution in [0.25, 0.3) is 20.4 Å². The van der Waals surface area contributed by atoms with Crippen molar-refractivity contribution in [2.75, 3.05) is 31.2 Å². The number of hydrogen-bond acceptors (Lipinski definition) is 12. The Balaban J connectivity index is 0.000000160. The smallest absolute Gasteiger partial charge is 0.270 e. The standard InChI is InChI=1S/C24H21ClN6O2S.C15H14ClN5OS/c1-30-17(3-4-20(30)25)24(32)31-6-5-15-19(11-31)34-23-21(15)22(27-12-28-23)29-16-7-13-9-26-10-14(13)8-18(16)33-2;1-20-9(2-3-11(20)16)15(22)21-5-4-8-10(6-21)23-14-12(8)13(17)18-7-19-14/h3-4,7-9,12H,5-6,10-11H2,1-2H3,(H,27,28,29);2-3,7H,4-6H2,1H3,(H2,17,18,19). The Kier molecular flexibility index (Phi) is 9.59. The van der Waals surface area contributed by atoms with E-state index in [1.165, 1.54) is 17.5 Å². The Bertz CT molecular complexity index is 2790. The SMILES string of the molecule is COc1cc2c(cc1Nc1ncnc3sc4c(c13)CCN(C(=O)c1ccc(Cl)n1C)C4)C=NC2.Cn1c(Cl)ccc1C(=O)N1CCc2c(sc3ncnc(N)c23)C1.